The van der Waals surface area contributed by atoms with E-state index in [0.29, 0.717) is 23.6 Å². The first-order valence-corrected chi connectivity index (χ1v) is 3.94. The van der Waals surface area contributed by atoms with Crippen molar-refractivity contribution >= 4 is 0 Å². The fourth-order valence-corrected chi connectivity index (χ4v) is 0.923. The van der Waals surface area contributed by atoms with E-state index in [9.17, 15) is 0 Å². The van der Waals surface area contributed by atoms with Crippen LogP contribution >= 0.6 is 0 Å². The van der Waals surface area contributed by atoms with Crippen molar-refractivity contribution in [1.29, 1.82) is 5.26 Å². The lowest BCUT2D eigenvalue weighted by Crippen LogP contribution is -1.98. The fourth-order valence-electron chi connectivity index (χ4n) is 0.923. The molecular weight excluding hydrogens is 168 g/mol. The molecule has 0 unspecified atom stereocenters. The standard InChI is InChI=1S/C9H10N2O2/c1-2-13-9-3-8(6-12)11-5-7(9)4-10/h3,5,12H,2,6H2,1H3. The minimum absolute atomic E-state index is 0.147. The zero-order valence-electron chi connectivity index (χ0n) is 7.32. The highest BCUT2D eigenvalue weighted by atomic mass is 16.5. The smallest absolute Gasteiger partial charge is 0.140 e. The average molecular weight is 178 g/mol. The Morgan fingerprint density at radius 3 is 3.00 bits per heavy atom. The van der Waals surface area contributed by atoms with Gasteiger partial charge in [0.15, 0.2) is 0 Å². The number of nitriles is 1. The SMILES string of the molecule is CCOc1cc(CO)ncc1C#N. The normalized spacial score (nSPS) is 9.31. The molecule has 0 fully saturated rings. The van der Waals surface area contributed by atoms with Crippen molar-refractivity contribution in [3.8, 4) is 11.8 Å². The molecule has 0 aliphatic carbocycles. The number of pyridine rings is 1. The summed E-state index contributed by atoms with van der Waals surface area (Å²) >= 11 is 0. The first kappa shape index (κ1) is 9.49. The average Bonchev–Trinajstić information content (AvgIpc) is 2.18. The maximum absolute atomic E-state index is 8.79. The van der Waals surface area contributed by atoms with Crippen LogP contribution in [-0.4, -0.2) is 16.7 Å². The van der Waals surface area contributed by atoms with Crippen molar-refractivity contribution in [2.24, 2.45) is 0 Å². The molecule has 1 rings (SSSR count). The highest BCUT2D eigenvalue weighted by Crippen LogP contribution is 2.17. The summed E-state index contributed by atoms with van der Waals surface area (Å²) < 4.78 is 5.20. The summed E-state index contributed by atoms with van der Waals surface area (Å²) in [7, 11) is 0. The van der Waals surface area contributed by atoms with Gasteiger partial charge in [-0.05, 0) is 6.92 Å². The van der Waals surface area contributed by atoms with Crippen LogP contribution in [0.1, 0.15) is 18.2 Å². The number of hydrogen-bond acceptors (Lipinski definition) is 4. The maximum Gasteiger partial charge on any atom is 0.140 e. The van der Waals surface area contributed by atoms with Gasteiger partial charge in [0.2, 0.25) is 0 Å². The molecule has 0 spiro atoms. The third kappa shape index (κ3) is 2.17. The van der Waals surface area contributed by atoms with Crippen molar-refractivity contribution in [3.05, 3.63) is 23.5 Å². The molecule has 1 aromatic heterocycles. The minimum Gasteiger partial charge on any atom is -0.492 e. The molecule has 0 saturated heterocycles. The van der Waals surface area contributed by atoms with E-state index in [1.807, 2.05) is 13.0 Å². The number of aromatic nitrogens is 1. The molecule has 0 aromatic carbocycles. The van der Waals surface area contributed by atoms with Gasteiger partial charge >= 0.3 is 0 Å². The summed E-state index contributed by atoms with van der Waals surface area (Å²) in [6.45, 7) is 2.18. The number of ether oxygens (including phenoxy) is 1. The predicted octanol–water partition coefficient (Wildman–Crippen LogP) is 0.844. The minimum atomic E-state index is -0.147. The Morgan fingerprint density at radius 1 is 1.69 bits per heavy atom. The summed E-state index contributed by atoms with van der Waals surface area (Å²) in [5, 5.41) is 17.5. The molecule has 0 atom stereocenters. The molecule has 68 valence electrons. The lowest BCUT2D eigenvalue weighted by Gasteiger charge is -2.05. The Kier molecular flexibility index (Phi) is 3.23. The van der Waals surface area contributed by atoms with Gasteiger partial charge in [-0.25, -0.2) is 0 Å². The Bertz CT molecular complexity index is 331. The van der Waals surface area contributed by atoms with E-state index in [2.05, 4.69) is 4.98 Å². The topological polar surface area (TPSA) is 66.1 Å². The molecule has 13 heavy (non-hydrogen) atoms. The number of hydrogen-bond donors (Lipinski definition) is 1. The van der Waals surface area contributed by atoms with Crippen LogP contribution in [0.15, 0.2) is 12.3 Å². The van der Waals surface area contributed by atoms with Crippen LogP contribution in [0.25, 0.3) is 0 Å². The molecule has 4 nitrogen and oxygen atoms in total. The number of nitrogens with zero attached hydrogens (tertiary/aromatic N) is 2. The van der Waals surface area contributed by atoms with Gasteiger partial charge in [0.1, 0.15) is 17.4 Å². The van der Waals surface area contributed by atoms with Gasteiger partial charge in [-0.2, -0.15) is 5.26 Å². The van der Waals surface area contributed by atoms with Gasteiger partial charge in [0, 0.05) is 12.3 Å². The van der Waals surface area contributed by atoms with Crippen LogP contribution in [-0.2, 0) is 6.61 Å². The molecule has 0 aliphatic heterocycles. The third-order valence-electron chi connectivity index (χ3n) is 1.50. The van der Waals surface area contributed by atoms with Crippen LogP contribution in [0, 0.1) is 11.3 Å². The van der Waals surface area contributed by atoms with Gasteiger partial charge in [0.25, 0.3) is 0 Å². The zero-order chi connectivity index (χ0) is 9.68. The van der Waals surface area contributed by atoms with E-state index in [4.69, 9.17) is 15.1 Å². The van der Waals surface area contributed by atoms with Crippen molar-refractivity contribution in [1.82, 2.24) is 4.98 Å². The van der Waals surface area contributed by atoms with Crippen LogP contribution < -0.4 is 4.74 Å². The number of rotatable bonds is 3. The molecule has 1 heterocycles. The second-order valence-electron chi connectivity index (χ2n) is 2.37. The molecule has 0 amide bonds. The Labute approximate surface area is 76.4 Å². The fraction of sp³-hybridized carbons (Fsp3) is 0.333. The molecular formula is C9H10N2O2. The highest BCUT2D eigenvalue weighted by Gasteiger charge is 2.04. The quantitative estimate of drug-likeness (QED) is 0.744. The lowest BCUT2D eigenvalue weighted by molar-refractivity contribution is 0.274. The van der Waals surface area contributed by atoms with E-state index in [1.165, 1.54) is 6.20 Å². The molecule has 0 bridgehead atoms. The van der Waals surface area contributed by atoms with Gasteiger partial charge in [-0.15, -0.1) is 0 Å². The lowest BCUT2D eigenvalue weighted by atomic mass is 10.2. The van der Waals surface area contributed by atoms with Gasteiger partial charge < -0.3 is 9.84 Å². The number of aliphatic hydroxyl groups excluding tert-OH is 1. The second kappa shape index (κ2) is 4.43. The van der Waals surface area contributed by atoms with Crippen LogP contribution in [0.3, 0.4) is 0 Å². The Balaban J connectivity index is 3.04. The van der Waals surface area contributed by atoms with Crippen LogP contribution in [0.5, 0.6) is 5.75 Å². The molecule has 4 heteroatoms. The van der Waals surface area contributed by atoms with Gasteiger partial charge in [-0.3, -0.25) is 4.98 Å². The second-order valence-corrected chi connectivity index (χ2v) is 2.37. The molecule has 0 radical (unpaired) electrons. The maximum atomic E-state index is 8.79. The van der Waals surface area contributed by atoms with Crippen molar-refractivity contribution < 1.29 is 9.84 Å². The van der Waals surface area contributed by atoms with Crippen LogP contribution in [0.2, 0.25) is 0 Å². The van der Waals surface area contributed by atoms with E-state index >= 15 is 0 Å². The summed E-state index contributed by atoms with van der Waals surface area (Å²) in [4.78, 5) is 3.86. The molecule has 1 N–H and O–H groups in total. The summed E-state index contributed by atoms with van der Waals surface area (Å²) in [6, 6.07) is 3.53. The van der Waals surface area contributed by atoms with E-state index in [-0.39, 0.29) is 6.61 Å². The molecule has 0 aliphatic rings. The summed E-state index contributed by atoms with van der Waals surface area (Å²) in [5.41, 5.74) is 0.890. The summed E-state index contributed by atoms with van der Waals surface area (Å²) in [5.74, 6) is 0.476. The third-order valence-corrected chi connectivity index (χ3v) is 1.50. The van der Waals surface area contributed by atoms with Gasteiger partial charge in [-0.1, -0.05) is 0 Å². The summed E-state index contributed by atoms with van der Waals surface area (Å²) in [6.07, 6.45) is 1.40. The largest absolute Gasteiger partial charge is 0.492 e. The van der Waals surface area contributed by atoms with Crippen molar-refractivity contribution in [2.75, 3.05) is 6.61 Å². The van der Waals surface area contributed by atoms with Gasteiger partial charge in [0.05, 0.1) is 18.9 Å². The Hall–Kier alpha value is -1.60. The van der Waals surface area contributed by atoms with Crippen molar-refractivity contribution in [3.63, 3.8) is 0 Å². The zero-order valence-corrected chi connectivity index (χ0v) is 7.32. The molecule has 0 saturated carbocycles. The van der Waals surface area contributed by atoms with E-state index in [1.54, 1.807) is 6.07 Å². The molecule has 1 aromatic rings. The first-order chi connectivity index (χ1) is 6.31. The van der Waals surface area contributed by atoms with E-state index in [0.717, 1.165) is 0 Å². The monoisotopic (exact) mass is 178 g/mol. The highest BCUT2D eigenvalue weighted by molar-refractivity contribution is 5.41. The number of aliphatic hydroxyl groups is 1. The van der Waals surface area contributed by atoms with Crippen LogP contribution in [0.4, 0.5) is 0 Å². The predicted molar refractivity (Wildman–Crippen MR) is 46.0 cm³/mol. The van der Waals surface area contributed by atoms with E-state index < -0.39 is 0 Å². The van der Waals surface area contributed by atoms with Crippen molar-refractivity contribution in [2.45, 2.75) is 13.5 Å². The Morgan fingerprint density at radius 2 is 2.46 bits per heavy atom. The first-order valence-electron chi connectivity index (χ1n) is 3.94.